The van der Waals surface area contributed by atoms with Crippen molar-refractivity contribution in [3.05, 3.63) is 0 Å². The summed E-state index contributed by atoms with van der Waals surface area (Å²) >= 11 is 0. The molecule has 1 amide bonds. The van der Waals surface area contributed by atoms with Crippen molar-refractivity contribution < 1.29 is 14.7 Å². The molecule has 1 aliphatic carbocycles. The molecule has 2 fully saturated rings. The van der Waals surface area contributed by atoms with Gasteiger partial charge in [0.25, 0.3) is 0 Å². The number of nitrogens with one attached hydrogen (secondary N) is 2. The summed E-state index contributed by atoms with van der Waals surface area (Å²) in [6, 6.07) is 0. The summed E-state index contributed by atoms with van der Waals surface area (Å²) < 4.78 is 0. The van der Waals surface area contributed by atoms with Crippen molar-refractivity contribution in [2.75, 3.05) is 19.6 Å². The third-order valence-corrected chi connectivity index (χ3v) is 5.18. The smallest absolute Gasteiger partial charge is 0.306 e. The predicted octanol–water partition coefficient (Wildman–Crippen LogP) is 1.77. The van der Waals surface area contributed by atoms with E-state index in [1.165, 1.54) is 0 Å². The van der Waals surface area contributed by atoms with Gasteiger partial charge in [-0.3, -0.25) is 9.59 Å². The average Bonchev–Trinajstić information content (AvgIpc) is 2.94. The van der Waals surface area contributed by atoms with Crippen LogP contribution in [0.1, 0.15) is 51.9 Å². The van der Waals surface area contributed by atoms with E-state index in [0.29, 0.717) is 6.54 Å². The second kappa shape index (κ2) is 7.25. The Morgan fingerprint density at radius 2 is 2.14 bits per heavy atom. The molecule has 0 radical (unpaired) electrons. The summed E-state index contributed by atoms with van der Waals surface area (Å²) in [6.07, 6.45) is 6.49. The Bertz CT molecular complexity index is 372. The van der Waals surface area contributed by atoms with E-state index in [4.69, 9.17) is 0 Å². The molecule has 1 saturated heterocycles. The van der Waals surface area contributed by atoms with Crippen molar-refractivity contribution in [2.24, 2.45) is 17.3 Å². The van der Waals surface area contributed by atoms with Crippen molar-refractivity contribution in [1.82, 2.24) is 10.6 Å². The molecule has 120 valence electrons. The van der Waals surface area contributed by atoms with E-state index in [1.54, 1.807) is 0 Å². The highest BCUT2D eigenvalue weighted by Gasteiger charge is 2.39. The van der Waals surface area contributed by atoms with Gasteiger partial charge in [-0.15, -0.1) is 0 Å². The lowest BCUT2D eigenvalue weighted by atomic mass is 9.76. The van der Waals surface area contributed by atoms with Crippen molar-refractivity contribution >= 4 is 11.9 Å². The van der Waals surface area contributed by atoms with Crippen LogP contribution in [0.5, 0.6) is 0 Å². The Morgan fingerprint density at radius 3 is 2.76 bits per heavy atom. The Kier molecular flexibility index (Phi) is 5.62. The molecule has 5 nitrogen and oxygen atoms in total. The van der Waals surface area contributed by atoms with Gasteiger partial charge in [-0.2, -0.15) is 0 Å². The normalized spacial score (nSPS) is 32.8. The molecule has 3 atom stereocenters. The largest absolute Gasteiger partial charge is 0.481 e. The highest BCUT2D eigenvalue weighted by molar-refractivity contribution is 5.83. The van der Waals surface area contributed by atoms with Gasteiger partial charge in [0.1, 0.15) is 0 Å². The van der Waals surface area contributed by atoms with Gasteiger partial charge in [-0.05, 0) is 44.6 Å². The summed E-state index contributed by atoms with van der Waals surface area (Å²) in [7, 11) is 0. The van der Waals surface area contributed by atoms with Crippen molar-refractivity contribution in [2.45, 2.75) is 51.9 Å². The first-order chi connectivity index (χ1) is 10.1. The van der Waals surface area contributed by atoms with Gasteiger partial charge >= 0.3 is 5.97 Å². The van der Waals surface area contributed by atoms with Crippen LogP contribution in [0.3, 0.4) is 0 Å². The minimum Gasteiger partial charge on any atom is -0.481 e. The minimum absolute atomic E-state index is 0.0988. The highest BCUT2D eigenvalue weighted by atomic mass is 16.4. The number of hydrogen-bond donors (Lipinski definition) is 3. The van der Waals surface area contributed by atoms with E-state index < -0.39 is 5.97 Å². The molecule has 1 aliphatic heterocycles. The van der Waals surface area contributed by atoms with Gasteiger partial charge in [0, 0.05) is 13.1 Å². The van der Waals surface area contributed by atoms with E-state index in [2.05, 4.69) is 17.6 Å². The van der Waals surface area contributed by atoms with Crippen molar-refractivity contribution in [1.29, 1.82) is 0 Å². The van der Waals surface area contributed by atoms with E-state index in [1.807, 2.05) is 0 Å². The number of amides is 1. The Balaban J connectivity index is 1.91. The second-order valence-corrected chi connectivity index (χ2v) is 6.66. The van der Waals surface area contributed by atoms with Crippen LogP contribution in [-0.2, 0) is 9.59 Å². The fourth-order valence-corrected chi connectivity index (χ4v) is 3.98. The van der Waals surface area contributed by atoms with Gasteiger partial charge in [0.2, 0.25) is 5.91 Å². The lowest BCUT2D eigenvalue weighted by Crippen LogP contribution is -2.51. The van der Waals surface area contributed by atoms with Gasteiger partial charge < -0.3 is 15.7 Å². The van der Waals surface area contributed by atoms with Gasteiger partial charge in [-0.1, -0.05) is 19.8 Å². The number of carboxylic acid groups (broad SMARTS) is 1. The number of carbonyl (C=O) groups is 2. The Morgan fingerprint density at radius 1 is 1.33 bits per heavy atom. The van der Waals surface area contributed by atoms with Crippen LogP contribution in [0.15, 0.2) is 0 Å². The van der Waals surface area contributed by atoms with Crippen LogP contribution in [0.4, 0.5) is 0 Å². The molecular formula is C16H28N2O3. The number of hydrogen-bond acceptors (Lipinski definition) is 3. The zero-order chi connectivity index (χ0) is 15.3. The van der Waals surface area contributed by atoms with E-state index >= 15 is 0 Å². The van der Waals surface area contributed by atoms with Crippen LogP contribution in [0, 0.1) is 17.3 Å². The first-order valence-electron chi connectivity index (χ1n) is 8.31. The Hall–Kier alpha value is -1.10. The molecule has 3 unspecified atom stereocenters. The number of carboxylic acids is 1. The molecule has 2 aliphatic rings. The number of carbonyl (C=O) groups excluding carboxylic acids is 1. The molecular weight excluding hydrogens is 268 g/mol. The zero-order valence-electron chi connectivity index (χ0n) is 13.0. The Labute approximate surface area is 126 Å². The predicted molar refractivity (Wildman–Crippen MR) is 80.9 cm³/mol. The molecule has 21 heavy (non-hydrogen) atoms. The van der Waals surface area contributed by atoms with E-state index in [9.17, 15) is 14.7 Å². The molecule has 0 aromatic rings. The van der Waals surface area contributed by atoms with Crippen LogP contribution >= 0.6 is 0 Å². The third-order valence-electron chi connectivity index (χ3n) is 5.18. The minimum atomic E-state index is -0.714. The fraction of sp³-hybridized carbons (Fsp3) is 0.875. The summed E-state index contributed by atoms with van der Waals surface area (Å²) in [5.74, 6) is -0.777. The topological polar surface area (TPSA) is 78.4 Å². The monoisotopic (exact) mass is 296 g/mol. The SMILES string of the molecule is CCCC1(C(=O)NCC2CCCC2C(=O)O)CCCNC1. The first kappa shape index (κ1) is 16.3. The molecule has 1 saturated carbocycles. The van der Waals surface area contributed by atoms with Crippen molar-refractivity contribution in [3.63, 3.8) is 0 Å². The molecule has 0 aromatic carbocycles. The number of aliphatic carboxylic acids is 1. The van der Waals surface area contributed by atoms with E-state index in [0.717, 1.165) is 58.0 Å². The molecule has 0 spiro atoms. The van der Waals surface area contributed by atoms with Gasteiger partial charge in [0.15, 0.2) is 0 Å². The lowest BCUT2D eigenvalue weighted by molar-refractivity contribution is -0.143. The van der Waals surface area contributed by atoms with Crippen LogP contribution < -0.4 is 10.6 Å². The molecule has 3 N–H and O–H groups in total. The molecule has 2 rings (SSSR count). The molecule has 5 heteroatoms. The van der Waals surface area contributed by atoms with E-state index in [-0.39, 0.29) is 23.2 Å². The summed E-state index contributed by atoms with van der Waals surface area (Å²) in [6.45, 7) is 4.37. The second-order valence-electron chi connectivity index (χ2n) is 6.66. The van der Waals surface area contributed by atoms with Gasteiger partial charge in [0.05, 0.1) is 11.3 Å². The maximum Gasteiger partial charge on any atom is 0.306 e. The summed E-state index contributed by atoms with van der Waals surface area (Å²) in [4.78, 5) is 23.8. The molecule has 0 aromatic heterocycles. The molecule has 0 bridgehead atoms. The highest BCUT2D eigenvalue weighted by Crippen LogP contribution is 2.34. The quantitative estimate of drug-likeness (QED) is 0.698. The maximum atomic E-state index is 12.6. The third kappa shape index (κ3) is 3.76. The average molecular weight is 296 g/mol. The zero-order valence-corrected chi connectivity index (χ0v) is 13.0. The maximum absolute atomic E-state index is 12.6. The fourth-order valence-electron chi connectivity index (χ4n) is 3.98. The van der Waals surface area contributed by atoms with Crippen LogP contribution in [-0.4, -0.2) is 36.6 Å². The van der Waals surface area contributed by atoms with Crippen LogP contribution in [0.25, 0.3) is 0 Å². The lowest BCUT2D eigenvalue weighted by Gasteiger charge is -2.36. The number of piperidine rings is 1. The molecule has 1 heterocycles. The summed E-state index contributed by atoms with van der Waals surface area (Å²) in [5.41, 5.74) is -0.287. The first-order valence-corrected chi connectivity index (χ1v) is 8.31. The number of rotatable bonds is 6. The van der Waals surface area contributed by atoms with Crippen LogP contribution in [0.2, 0.25) is 0 Å². The van der Waals surface area contributed by atoms with Gasteiger partial charge in [-0.25, -0.2) is 0 Å². The summed E-state index contributed by atoms with van der Waals surface area (Å²) in [5, 5.41) is 15.6. The van der Waals surface area contributed by atoms with Crippen molar-refractivity contribution in [3.8, 4) is 0 Å². The standard InChI is InChI=1S/C16H28N2O3/c1-2-7-16(8-4-9-17-11-16)15(21)18-10-12-5-3-6-13(12)14(19)20/h12-13,17H,2-11H2,1H3,(H,18,21)(H,19,20).